The van der Waals surface area contributed by atoms with E-state index in [1.807, 2.05) is 6.07 Å². The summed E-state index contributed by atoms with van der Waals surface area (Å²) in [6.45, 7) is 0. The Morgan fingerprint density at radius 3 is 2.59 bits per heavy atom. The van der Waals surface area contributed by atoms with Crippen molar-refractivity contribution in [2.75, 3.05) is 19.1 Å². The number of hydrogen-bond donors (Lipinski definition) is 0. The van der Waals surface area contributed by atoms with E-state index in [9.17, 15) is 14.0 Å². The molecule has 1 amide bonds. The summed E-state index contributed by atoms with van der Waals surface area (Å²) in [6.07, 6.45) is 1.82. The van der Waals surface area contributed by atoms with Crippen LogP contribution >= 0.6 is 0 Å². The molecule has 5 nitrogen and oxygen atoms in total. The number of methoxy groups -OCH3 is 2. The Kier molecular flexibility index (Phi) is 5.09. The molecule has 0 saturated carbocycles. The van der Waals surface area contributed by atoms with Crippen molar-refractivity contribution in [3.63, 3.8) is 0 Å². The summed E-state index contributed by atoms with van der Waals surface area (Å²) in [4.78, 5) is 27.6. The van der Waals surface area contributed by atoms with E-state index in [0.717, 1.165) is 5.56 Å². The van der Waals surface area contributed by atoms with Gasteiger partial charge < -0.3 is 9.47 Å². The second kappa shape index (κ2) is 7.70. The third-order valence-electron chi connectivity index (χ3n) is 5.56. The van der Waals surface area contributed by atoms with Crippen molar-refractivity contribution in [3.8, 4) is 11.5 Å². The van der Waals surface area contributed by atoms with Gasteiger partial charge in [0.15, 0.2) is 5.78 Å². The van der Waals surface area contributed by atoms with Gasteiger partial charge in [-0.2, -0.15) is 0 Å². The molecule has 1 atom stereocenters. The highest BCUT2D eigenvalue weighted by Gasteiger charge is 2.40. The average Bonchev–Trinajstić information content (AvgIpc) is 2.72. The Bertz CT molecular complexity index is 1010. The van der Waals surface area contributed by atoms with E-state index >= 15 is 0 Å². The number of amides is 1. The SMILES string of the molecule is COc1ccc([C@H]2CC(=O)N(c3cccc(F)c3)C3=C2C(=O)CCC3)c(OC)c1. The van der Waals surface area contributed by atoms with E-state index in [0.29, 0.717) is 47.7 Å². The zero-order valence-electron chi connectivity index (χ0n) is 16.4. The predicted octanol–water partition coefficient (Wildman–Crippen LogP) is 4.37. The zero-order valence-corrected chi connectivity index (χ0v) is 16.4. The number of ether oxygens (including phenoxy) is 2. The van der Waals surface area contributed by atoms with Crippen LogP contribution in [0.15, 0.2) is 53.7 Å². The minimum absolute atomic E-state index is 0.0306. The van der Waals surface area contributed by atoms with Crippen LogP contribution in [0, 0.1) is 5.82 Å². The first-order chi connectivity index (χ1) is 14.0. The van der Waals surface area contributed by atoms with Crippen LogP contribution in [-0.2, 0) is 9.59 Å². The number of carbonyl (C=O) groups excluding carboxylic acids is 2. The normalized spacial score (nSPS) is 19.3. The van der Waals surface area contributed by atoms with Crippen LogP contribution in [0.3, 0.4) is 0 Å². The molecule has 0 spiro atoms. The molecule has 0 radical (unpaired) electrons. The number of ketones is 1. The number of Topliss-reactive ketones (excluding diaryl/α,β-unsaturated/α-hetero) is 1. The van der Waals surface area contributed by atoms with Crippen molar-refractivity contribution in [3.05, 3.63) is 65.1 Å². The van der Waals surface area contributed by atoms with E-state index in [4.69, 9.17) is 9.47 Å². The largest absolute Gasteiger partial charge is 0.497 e. The topological polar surface area (TPSA) is 55.8 Å². The molecule has 29 heavy (non-hydrogen) atoms. The van der Waals surface area contributed by atoms with E-state index < -0.39 is 11.7 Å². The van der Waals surface area contributed by atoms with Gasteiger partial charge in [-0.05, 0) is 37.1 Å². The number of rotatable bonds is 4. The smallest absolute Gasteiger partial charge is 0.232 e. The van der Waals surface area contributed by atoms with Crippen molar-refractivity contribution >= 4 is 17.4 Å². The summed E-state index contributed by atoms with van der Waals surface area (Å²) in [6, 6.07) is 11.3. The van der Waals surface area contributed by atoms with Gasteiger partial charge in [0.2, 0.25) is 5.91 Å². The minimum Gasteiger partial charge on any atom is -0.497 e. The molecule has 1 heterocycles. The van der Waals surface area contributed by atoms with Crippen LogP contribution in [0.25, 0.3) is 0 Å². The molecular formula is C23H22FNO4. The van der Waals surface area contributed by atoms with Gasteiger partial charge in [0.05, 0.1) is 19.9 Å². The van der Waals surface area contributed by atoms with Crippen molar-refractivity contribution in [2.45, 2.75) is 31.6 Å². The van der Waals surface area contributed by atoms with Crippen molar-refractivity contribution in [2.24, 2.45) is 0 Å². The summed E-state index contributed by atoms with van der Waals surface area (Å²) < 4.78 is 24.6. The number of hydrogen-bond acceptors (Lipinski definition) is 4. The molecule has 0 aromatic heterocycles. The Balaban J connectivity index is 1.87. The molecule has 2 aliphatic rings. The number of allylic oxidation sites excluding steroid dienone is 2. The van der Waals surface area contributed by atoms with Crippen LogP contribution in [0.5, 0.6) is 11.5 Å². The molecular weight excluding hydrogens is 373 g/mol. The van der Waals surface area contributed by atoms with E-state index in [2.05, 4.69) is 0 Å². The summed E-state index contributed by atoms with van der Waals surface area (Å²) >= 11 is 0. The van der Waals surface area contributed by atoms with Crippen LogP contribution in [0.2, 0.25) is 0 Å². The van der Waals surface area contributed by atoms with Gasteiger partial charge in [-0.3, -0.25) is 14.5 Å². The fourth-order valence-corrected chi connectivity index (χ4v) is 4.28. The fraction of sp³-hybridized carbons (Fsp3) is 0.304. The Morgan fingerprint density at radius 1 is 1.03 bits per heavy atom. The van der Waals surface area contributed by atoms with Gasteiger partial charge in [-0.1, -0.05) is 12.1 Å². The summed E-state index contributed by atoms with van der Waals surface area (Å²) in [5.74, 6) is 0.273. The number of halogens is 1. The second-order valence-electron chi connectivity index (χ2n) is 7.21. The quantitative estimate of drug-likeness (QED) is 0.771. The maximum absolute atomic E-state index is 13.8. The fourth-order valence-electron chi connectivity index (χ4n) is 4.28. The Labute approximate surface area is 168 Å². The highest BCUT2D eigenvalue weighted by molar-refractivity contribution is 6.07. The number of anilines is 1. The third-order valence-corrected chi connectivity index (χ3v) is 5.56. The van der Waals surface area contributed by atoms with Crippen molar-refractivity contribution in [1.82, 2.24) is 0 Å². The molecule has 0 saturated heterocycles. The summed E-state index contributed by atoms with van der Waals surface area (Å²) in [5.41, 5.74) is 2.54. The van der Waals surface area contributed by atoms with E-state index in [1.54, 1.807) is 38.5 Å². The van der Waals surface area contributed by atoms with Crippen molar-refractivity contribution < 1.29 is 23.5 Å². The lowest BCUT2D eigenvalue weighted by atomic mass is 9.77. The summed E-state index contributed by atoms with van der Waals surface area (Å²) in [7, 11) is 3.13. The van der Waals surface area contributed by atoms with E-state index in [-0.39, 0.29) is 18.1 Å². The lowest BCUT2D eigenvalue weighted by Crippen LogP contribution is -2.40. The second-order valence-corrected chi connectivity index (χ2v) is 7.21. The maximum Gasteiger partial charge on any atom is 0.232 e. The minimum atomic E-state index is -0.418. The van der Waals surface area contributed by atoms with Crippen LogP contribution in [0.1, 0.15) is 37.2 Å². The van der Waals surface area contributed by atoms with Gasteiger partial charge in [-0.15, -0.1) is 0 Å². The Hall–Kier alpha value is -3.15. The molecule has 1 aliphatic carbocycles. The first kappa shape index (κ1) is 19.2. The van der Waals surface area contributed by atoms with E-state index in [1.165, 1.54) is 17.0 Å². The number of benzene rings is 2. The van der Waals surface area contributed by atoms with Gasteiger partial charge in [0.1, 0.15) is 17.3 Å². The lowest BCUT2D eigenvalue weighted by molar-refractivity contribution is -0.119. The Morgan fingerprint density at radius 2 is 1.86 bits per heavy atom. The summed E-state index contributed by atoms with van der Waals surface area (Å²) in [5, 5.41) is 0. The van der Waals surface area contributed by atoms with Crippen LogP contribution < -0.4 is 14.4 Å². The van der Waals surface area contributed by atoms with Gasteiger partial charge in [0.25, 0.3) is 0 Å². The molecule has 4 rings (SSSR count). The third kappa shape index (κ3) is 3.39. The number of carbonyl (C=O) groups is 2. The molecule has 0 fully saturated rings. The molecule has 2 aromatic carbocycles. The zero-order chi connectivity index (χ0) is 20.5. The molecule has 6 heteroatoms. The standard InChI is InChI=1S/C23H22FNO4/c1-28-16-9-10-17(21(12-16)29-2)18-13-22(27)25(15-6-3-5-14(24)11-15)19-7-4-8-20(26)23(18)19/h3,5-6,9-12,18H,4,7-8,13H2,1-2H3/t18-/m1/s1. The molecule has 0 unspecified atom stereocenters. The molecule has 150 valence electrons. The van der Waals surface area contributed by atoms with Gasteiger partial charge in [0, 0.05) is 41.7 Å². The van der Waals surface area contributed by atoms with Crippen LogP contribution in [-0.4, -0.2) is 25.9 Å². The highest BCUT2D eigenvalue weighted by Crippen LogP contribution is 2.46. The maximum atomic E-state index is 13.8. The highest BCUT2D eigenvalue weighted by atomic mass is 19.1. The first-order valence-corrected chi connectivity index (χ1v) is 9.60. The molecule has 1 aliphatic heterocycles. The molecule has 0 N–H and O–H groups in total. The average molecular weight is 395 g/mol. The number of nitrogens with zero attached hydrogens (tertiary/aromatic N) is 1. The van der Waals surface area contributed by atoms with Crippen LogP contribution in [0.4, 0.5) is 10.1 Å². The molecule has 0 bridgehead atoms. The lowest BCUT2D eigenvalue weighted by Gasteiger charge is -2.38. The van der Waals surface area contributed by atoms with Gasteiger partial charge in [-0.25, -0.2) is 4.39 Å². The molecule has 2 aromatic rings. The van der Waals surface area contributed by atoms with Crippen molar-refractivity contribution in [1.29, 1.82) is 0 Å². The van der Waals surface area contributed by atoms with Gasteiger partial charge >= 0.3 is 0 Å². The monoisotopic (exact) mass is 395 g/mol. The predicted molar refractivity (Wildman–Crippen MR) is 107 cm³/mol. The first-order valence-electron chi connectivity index (χ1n) is 9.60.